The van der Waals surface area contributed by atoms with E-state index >= 15 is 0 Å². The van der Waals surface area contributed by atoms with Gasteiger partial charge < -0.3 is 15.0 Å². The number of ether oxygens (including phenoxy) is 1. The summed E-state index contributed by atoms with van der Waals surface area (Å²) in [6, 6.07) is 0.371. The maximum atomic E-state index is 12.3. The van der Waals surface area contributed by atoms with Gasteiger partial charge in [0.15, 0.2) is 0 Å². The van der Waals surface area contributed by atoms with Crippen molar-refractivity contribution in [3.63, 3.8) is 0 Å². The smallest absolute Gasteiger partial charge is 0.239 e. The summed E-state index contributed by atoms with van der Waals surface area (Å²) in [4.78, 5) is 14.2. The Morgan fingerprint density at radius 1 is 1.16 bits per heavy atom. The maximum absolute atomic E-state index is 12.3. The number of nitrogens with zero attached hydrogens (tertiary/aromatic N) is 1. The standard InChI is InChI=1S/C15H28N2O2/c1-12(14-6-4-3-5-7-14)16-13(2)15(18)17-8-10-19-11-9-17/h12-14,16H,3-11H2,1-2H3/t12-,13?/m0/s1. The first-order valence-electron chi connectivity index (χ1n) is 7.81. The minimum atomic E-state index is -0.0740. The molecule has 110 valence electrons. The summed E-state index contributed by atoms with van der Waals surface area (Å²) < 4.78 is 5.29. The van der Waals surface area contributed by atoms with Crippen LogP contribution in [0, 0.1) is 5.92 Å². The van der Waals surface area contributed by atoms with Gasteiger partial charge >= 0.3 is 0 Å². The molecule has 1 amide bonds. The zero-order valence-corrected chi connectivity index (χ0v) is 12.4. The Hall–Kier alpha value is -0.610. The van der Waals surface area contributed by atoms with Gasteiger partial charge in [-0.2, -0.15) is 0 Å². The van der Waals surface area contributed by atoms with E-state index in [-0.39, 0.29) is 11.9 Å². The molecule has 2 atom stereocenters. The van der Waals surface area contributed by atoms with Gasteiger partial charge in [-0.15, -0.1) is 0 Å². The fourth-order valence-electron chi connectivity index (χ4n) is 3.29. The zero-order valence-electron chi connectivity index (χ0n) is 12.4. The number of amides is 1. The number of morpholine rings is 1. The minimum absolute atomic E-state index is 0.0740. The van der Waals surface area contributed by atoms with E-state index in [1.165, 1.54) is 32.1 Å². The lowest BCUT2D eigenvalue weighted by Gasteiger charge is -2.33. The highest BCUT2D eigenvalue weighted by molar-refractivity contribution is 5.81. The first-order valence-corrected chi connectivity index (χ1v) is 7.81. The molecule has 4 nitrogen and oxygen atoms in total. The fraction of sp³-hybridized carbons (Fsp3) is 0.933. The van der Waals surface area contributed by atoms with E-state index in [2.05, 4.69) is 12.2 Å². The summed E-state index contributed by atoms with van der Waals surface area (Å²) in [5, 5.41) is 3.51. The van der Waals surface area contributed by atoms with E-state index in [4.69, 9.17) is 4.74 Å². The highest BCUT2D eigenvalue weighted by Gasteiger charge is 2.26. The molecule has 0 aromatic heterocycles. The van der Waals surface area contributed by atoms with Gasteiger partial charge in [-0.25, -0.2) is 0 Å². The van der Waals surface area contributed by atoms with Crippen LogP contribution in [0.1, 0.15) is 46.0 Å². The molecule has 1 saturated carbocycles. The summed E-state index contributed by atoms with van der Waals surface area (Å²) in [6.45, 7) is 7.06. The van der Waals surface area contributed by atoms with Crippen LogP contribution >= 0.6 is 0 Å². The molecule has 19 heavy (non-hydrogen) atoms. The van der Waals surface area contributed by atoms with Crippen molar-refractivity contribution in [2.24, 2.45) is 5.92 Å². The molecule has 0 radical (unpaired) electrons. The molecule has 1 heterocycles. The minimum Gasteiger partial charge on any atom is -0.378 e. The molecular weight excluding hydrogens is 240 g/mol. The normalized spacial score (nSPS) is 25.1. The van der Waals surface area contributed by atoms with Crippen LogP contribution in [-0.4, -0.2) is 49.2 Å². The summed E-state index contributed by atoms with van der Waals surface area (Å²) in [7, 11) is 0. The molecule has 2 rings (SSSR count). The number of carbonyl (C=O) groups excluding carboxylic acids is 1. The molecule has 0 bridgehead atoms. The van der Waals surface area contributed by atoms with Gasteiger partial charge in [-0.1, -0.05) is 19.3 Å². The quantitative estimate of drug-likeness (QED) is 0.845. The fourth-order valence-corrected chi connectivity index (χ4v) is 3.29. The van der Waals surface area contributed by atoms with Crippen molar-refractivity contribution in [1.29, 1.82) is 0 Å². The number of nitrogens with one attached hydrogen (secondary N) is 1. The summed E-state index contributed by atoms with van der Waals surface area (Å²) >= 11 is 0. The molecule has 1 unspecified atom stereocenters. The molecule has 1 saturated heterocycles. The molecule has 0 spiro atoms. The van der Waals surface area contributed by atoms with E-state index < -0.39 is 0 Å². The van der Waals surface area contributed by atoms with Crippen molar-refractivity contribution in [2.75, 3.05) is 26.3 Å². The summed E-state index contributed by atoms with van der Waals surface area (Å²) in [6.07, 6.45) is 6.70. The third-order valence-corrected chi connectivity index (χ3v) is 4.56. The molecular formula is C15H28N2O2. The predicted molar refractivity (Wildman–Crippen MR) is 76.0 cm³/mol. The van der Waals surface area contributed by atoms with E-state index in [0.29, 0.717) is 19.3 Å². The lowest BCUT2D eigenvalue weighted by molar-refractivity contribution is -0.137. The van der Waals surface area contributed by atoms with E-state index in [9.17, 15) is 4.79 Å². The van der Waals surface area contributed by atoms with E-state index in [1.54, 1.807) is 0 Å². The van der Waals surface area contributed by atoms with Crippen molar-refractivity contribution >= 4 is 5.91 Å². The van der Waals surface area contributed by atoms with E-state index in [1.807, 2.05) is 11.8 Å². The number of hydrogen-bond acceptors (Lipinski definition) is 3. The van der Waals surface area contributed by atoms with Gasteiger partial charge in [-0.05, 0) is 32.6 Å². The Labute approximate surface area is 116 Å². The third kappa shape index (κ3) is 4.18. The van der Waals surface area contributed by atoms with Crippen LogP contribution in [0.5, 0.6) is 0 Å². The van der Waals surface area contributed by atoms with Crippen LogP contribution in [0.25, 0.3) is 0 Å². The second-order valence-electron chi connectivity index (χ2n) is 6.01. The lowest BCUT2D eigenvalue weighted by Crippen LogP contribution is -2.52. The Morgan fingerprint density at radius 3 is 2.42 bits per heavy atom. The molecule has 2 fully saturated rings. The summed E-state index contributed by atoms with van der Waals surface area (Å²) in [5.74, 6) is 0.972. The topological polar surface area (TPSA) is 41.6 Å². The monoisotopic (exact) mass is 268 g/mol. The number of hydrogen-bond donors (Lipinski definition) is 1. The van der Waals surface area contributed by atoms with Gasteiger partial charge in [0.05, 0.1) is 19.3 Å². The SMILES string of the molecule is CC(N[C@@H](C)C1CCCCC1)C(=O)N1CCOCC1. The van der Waals surface area contributed by atoms with E-state index in [0.717, 1.165) is 19.0 Å². The second-order valence-corrected chi connectivity index (χ2v) is 6.01. The first-order chi connectivity index (χ1) is 9.18. The van der Waals surface area contributed by atoms with Crippen LogP contribution in [0.4, 0.5) is 0 Å². The van der Waals surface area contributed by atoms with Crippen LogP contribution in [-0.2, 0) is 9.53 Å². The van der Waals surface area contributed by atoms with Crippen molar-refractivity contribution < 1.29 is 9.53 Å². The van der Waals surface area contributed by atoms with Crippen molar-refractivity contribution in [3.05, 3.63) is 0 Å². The summed E-state index contributed by atoms with van der Waals surface area (Å²) in [5.41, 5.74) is 0. The molecule has 2 aliphatic rings. The predicted octanol–water partition coefficient (Wildman–Crippen LogP) is 1.79. The third-order valence-electron chi connectivity index (χ3n) is 4.56. The molecule has 0 aromatic rings. The van der Waals surface area contributed by atoms with Crippen LogP contribution in [0.2, 0.25) is 0 Å². The maximum Gasteiger partial charge on any atom is 0.239 e. The molecule has 1 aliphatic carbocycles. The average Bonchev–Trinajstić information content (AvgIpc) is 2.48. The van der Waals surface area contributed by atoms with Gasteiger partial charge in [-0.3, -0.25) is 4.79 Å². The highest BCUT2D eigenvalue weighted by atomic mass is 16.5. The second kappa shape index (κ2) is 7.25. The van der Waals surface area contributed by atoms with Gasteiger partial charge in [0.25, 0.3) is 0 Å². The Balaban J connectivity index is 1.78. The van der Waals surface area contributed by atoms with Gasteiger partial charge in [0.1, 0.15) is 0 Å². The number of carbonyl (C=O) groups is 1. The number of rotatable bonds is 4. The molecule has 1 N–H and O–H groups in total. The first kappa shape index (κ1) is 14.8. The Morgan fingerprint density at radius 2 is 1.79 bits per heavy atom. The van der Waals surface area contributed by atoms with Crippen LogP contribution < -0.4 is 5.32 Å². The lowest BCUT2D eigenvalue weighted by atomic mass is 9.84. The van der Waals surface area contributed by atoms with Gasteiger partial charge in [0.2, 0.25) is 5.91 Å². The van der Waals surface area contributed by atoms with Crippen molar-refractivity contribution in [1.82, 2.24) is 10.2 Å². The Kier molecular flexibility index (Phi) is 5.64. The van der Waals surface area contributed by atoms with Crippen molar-refractivity contribution in [3.8, 4) is 0 Å². The van der Waals surface area contributed by atoms with Gasteiger partial charge in [0, 0.05) is 19.1 Å². The highest BCUT2D eigenvalue weighted by Crippen LogP contribution is 2.26. The van der Waals surface area contributed by atoms with Crippen LogP contribution in [0.3, 0.4) is 0 Å². The molecule has 0 aromatic carbocycles. The Bertz CT molecular complexity index is 284. The largest absolute Gasteiger partial charge is 0.378 e. The zero-order chi connectivity index (χ0) is 13.7. The van der Waals surface area contributed by atoms with Crippen LogP contribution in [0.15, 0.2) is 0 Å². The van der Waals surface area contributed by atoms with Crippen molar-refractivity contribution in [2.45, 2.75) is 58.0 Å². The average molecular weight is 268 g/mol. The molecule has 1 aliphatic heterocycles. The molecule has 4 heteroatoms.